The van der Waals surface area contributed by atoms with E-state index in [1.54, 1.807) is 6.26 Å². The lowest BCUT2D eigenvalue weighted by Gasteiger charge is -2.18. The van der Waals surface area contributed by atoms with Crippen molar-refractivity contribution in [2.45, 2.75) is 26.3 Å². The van der Waals surface area contributed by atoms with Gasteiger partial charge in [0.2, 0.25) is 0 Å². The van der Waals surface area contributed by atoms with Crippen LogP contribution in [0.1, 0.15) is 29.9 Å². The van der Waals surface area contributed by atoms with Crippen LogP contribution in [0.3, 0.4) is 0 Å². The second kappa shape index (κ2) is 6.07. The van der Waals surface area contributed by atoms with Crippen molar-refractivity contribution in [1.82, 2.24) is 5.32 Å². The van der Waals surface area contributed by atoms with Crippen molar-refractivity contribution >= 4 is 11.6 Å². The van der Waals surface area contributed by atoms with E-state index in [0.29, 0.717) is 0 Å². The van der Waals surface area contributed by atoms with Gasteiger partial charge in [-0.05, 0) is 42.8 Å². The Bertz CT molecular complexity index is 493. The average molecular weight is 264 g/mol. The summed E-state index contributed by atoms with van der Waals surface area (Å²) < 4.78 is 5.42. The summed E-state index contributed by atoms with van der Waals surface area (Å²) >= 11 is 6.07. The Hall–Kier alpha value is -1.25. The van der Waals surface area contributed by atoms with Crippen molar-refractivity contribution in [1.29, 1.82) is 0 Å². The third kappa shape index (κ3) is 3.15. The normalized spacial score (nSPS) is 12.6. The maximum Gasteiger partial charge on any atom is 0.105 e. The number of aryl methyl sites for hydroxylation is 1. The molecule has 1 N–H and O–H groups in total. The number of nitrogens with one attached hydrogen (secondary N) is 1. The fourth-order valence-electron chi connectivity index (χ4n) is 2.07. The van der Waals surface area contributed by atoms with Gasteiger partial charge in [-0.15, -0.1) is 0 Å². The van der Waals surface area contributed by atoms with Crippen LogP contribution in [0, 0.1) is 6.92 Å². The molecule has 0 aliphatic heterocycles. The fourth-order valence-corrected chi connectivity index (χ4v) is 2.19. The number of likely N-dealkylation sites (N-methyl/N-ethyl adjacent to an activating group) is 1. The number of rotatable bonds is 5. The lowest BCUT2D eigenvalue weighted by atomic mass is 10.0. The standard InChI is InChI=1S/C15H18ClNO/c1-3-17-15(10-13-5-4-8-18-13)12-6-7-14(16)11(2)9-12/h4-9,15,17H,3,10H2,1-2H3. The lowest BCUT2D eigenvalue weighted by Crippen LogP contribution is -2.22. The predicted octanol–water partition coefficient (Wildman–Crippen LogP) is 4.13. The molecule has 1 unspecified atom stereocenters. The Morgan fingerprint density at radius 1 is 1.33 bits per heavy atom. The van der Waals surface area contributed by atoms with Crippen LogP contribution in [0.5, 0.6) is 0 Å². The zero-order valence-electron chi connectivity index (χ0n) is 10.7. The Balaban J connectivity index is 2.20. The molecule has 1 atom stereocenters. The highest BCUT2D eigenvalue weighted by Crippen LogP contribution is 2.23. The van der Waals surface area contributed by atoms with E-state index in [0.717, 1.165) is 29.3 Å². The maximum absolute atomic E-state index is 6.07. The highest BCUT2D eigenvalue weighted by molar-refractivity contribution is 6.31. The second-order valence-electron chi connectivity index (χ2n) is 4.40. The summed E-state index contributed by atoms with van der Waals surface area (Å²) in [7, 11) is 0. The molecule has 2 rings (SSSR count). The molecule has 1 aromatic heterocycles. The molecule has 2 aromatic rings. The Morgan fingerprint density at radius 2 is 2.17 bits per heavy atom. The first-order valence-electron chi connectivity index (χ1n) is 6.22. The quantitative estimate of drug-likeness (QED) is 0.877. The van der Waals surface area contributed by atoms with Crippen LogP contribution in [0.15, 0.2) is 41.0 Å². The van der Waals surface area contributed by atoms with E-state index < -0.39 is 0 Å². The first kappa shape index (κ1) is 13.2. The molecule has 1 aromatic carbocycles. The van der Waals surface area contributed by atoms with E-state index in [1.165, 1.54) is 5.56 Å². The van der Waals surface area contributed by atoms with Gasteiger partial charge in [0, 0.05) is 17.5 Å². The van der Waals surface area contributed by atoms with Crippen molar-refractivity contribution in [2.24, 2.45) is 0 Å². The largest absolute Gasteiger partial charge is 0.469 e. The third-order valence-electron chi connectivity index (χ3n) is 3.02. The number of halogens is 1. The molecule has 0 spiro atoms. The number of benzene rings is 1. The zero-order chi connectivity index (χ0) is 13.0. The summed E-state index contributed by atoms with van der Waals surface area (Å²) in [5.74, 6) is 0.994. The number of furan rings is 1. The first-order valence-corrected chi connectivity index (χ1v) is 6.60. The minimum absolute atomic E-state index is 0.261. The van der Waals surface area contributed by atoms with Gasteiger partial charge in [-0.2, -0.15) is 0 Å². The van der Waals surface area contributed by atoms with Crippen LogP contribution in [0.25, 0.3) is 0 Å². The summed E-state index contributed by atoms with van der Waals surface area (Å²) in [4.78, 5) is 0. The van der Waals surface area contributed by atoms with Crippen LogP contribution in [0.2, 0.25) is 5.02 Å². The van der Waals surface area contributed by atoms with Gasteiger partial charge in [-0.3, -0.25) is 0 Å². The van der Waals surface area contributed by atoms with Gasteiger partial charge in [0.1, 0.15) is 5.76 Å². The van der Waals surface area contributed by atoms with Gasteiger partial charge in [-0.1, -0.05) is 30.7 Å². The Labute approximate surface area is 113 Å². The summed E-state index contributed by atoms with van der Waals surface area (Å²) in [6, 6.07) is 10.4. The number of hydrogen-bond acceptors (Lipinski definition) is 2. The Kier molecular flexibility index (Phi) is 4.45. The summed E-state index contributed by atoms with van der Waals surface area (Å²) in [5.41, 5.74) is 2.35. The van der Waals surface area contributed by atoms with Crippen LogP contribution >= 0.6 is 11.6 Å². The van der Waals surface area contributed by atoms with E-state index in [9.17, 15) is 0 Å². The highest BCUT2D eigenvalue weighted by atomic mass is 35.5. The van der Waals surface area contributed by atoms with Crippen LogP contribution in [-0.4, -0.2) is 6.54 Å². The van der Waals surface area contributed by atoms with Gasteiger partial charge < -0.3 is 9.73 Å². The van der Waals surface area contributed by atoms with Gasteiger partial charge in [0.25, 0.3) is 0 Å². The topological polar surface area (TPSA) is 25.2 Å². The minimum atomic E-state index is 0.261. The van der Waals surface area contributed by atoms with Gasteiger partial charge in [-0.25, -0.2) is 0 Å². The van der Waals surface area contributed by atoms with Crippen LogP contribution < -0.4 is 5.32 Å². The second-order valence-corrected chi connectivity index (χ2v) is 4.81. The van der Waals surface area contributed by atoms with E-state index in [1.807, 2.05) is 25.1 Å². The fraction of sp³-hybridized carbons (Fsp3) is 0.333. The van der Waals surface area contributed by atoms with Crippen LogP contribution in [-0.2, 0) is 6.42 Å². The van der Waals surface area contributed by atoms with Crippen molar-refractivity contribution in [3.63, 3.8) is 0 Å². The van der Waals surface area contributed by atoms with E-state index in [4.69, 9.17) is 16.0 Å². The molecule has 96 valence electrons. The van der Waals surface area contributed by atoms with Crippen LogP contribution in [0.4, 0.5) is 0 Å². The van der Waals surface area contributed by atoms with E-state index in [-0.39, 0.29) is 6.04 Å². The molecular weight excluding hydrogens is 246 g/mol. The van der Waals surface area contributed by atoms with Crippen molar-refractivity contribution < 1.29 is 4.42 Å². The summed E-state index contributed by atoms with van der Waals surface area (Å²) in [5, 5.41) is 4.29. The molecule has 0 aliphatic rings. The zero-order valence-corrected chi connectivity index (χ0v) is 11.5. The molecule has 0 bridgehead atoms. The van der Waals surface area contributed by atoms with Gasteiger partial charge >= 0.3 is 0 Å². The van der Waals surface area contributed by atoms with Crippen molar-refractivity contribution in [2.75, 3.05) is 6.54 Å². The molecule has 0 amide bonds. The SMILES string of the molecule is CCNC(Cc1ccco1)c1ccc(Cl)c(C)c1. The molecule has 18 heavy (non-hydrogen) atoms. The maximum atomic E-state index is 6.07. The predicted molar refractivity (Wildman–Crippen MR) is 75.0 cm³/mol. The highest BCUT2D eigenvalue weighted by Gasteiger charge is 2.13. The molecule has 2 nitrogen and oxygen atoms in total. The molecule has 0 saturated heterocycles. The summed E-state index contributed by atoms with van der Waals surface area (Å²) in [6.07, 6.45) is 2.56. The number of hydrogen-bond donors (Lipinski definition) is 1. The van der Waals surface area contributed by atoms with E-state index >= 15 is 0 Å². The van der Waals surface area contributed by atoms with Crippen molar-refractivity contribution in [3.05, 3.63) is 58.5 Å². The van der Waals surface area contributed by atoms with E-state index in [2.05, 4.69) is 24.4 Å². The Morgan fingerprint density at radius 3 is 2.78 bits per heavy atom. The molecule has 1 heterocycles. The van der Waals surface area contributed by atoms with Crippen molar-refractivity contribution in [3.8, 4) is 0 Å². The first-order chi connectivity index (χ1) is 8.70. The molecular formula is C15H18ClNO. The monoisotopic (exact) mass is 263 g/mol. The molecule has 0 aliphatic carbocycles. The smallest absolute Gasteiger partial charge is 0.105 e. The molecule has 0 saturated carbocycles. The molecule has 0 radical (unpaired) electrons. The van der Waals surface area contributed by atoms with Gasteiger partial charge in [0.15, 0.2) is 0 Å². The van der Waals surface area contributed by atoms with Gasteiger partial charge in [0.05, 0.1) is 6.26 Å². The molecule has 3 heteroatoms. The summed E-state index contributed by atoms with van der Waals surface area (Å²) in [6.45, 7) is 5.06. The third-order valence-corrected chi connectivity index (χ3v) is 3.44. The molecule has 0 fully saturated rings. The lowest BCUT2D eigenvalue weighted by molar-refractivity contribution is 0.455. The minimum Gasteiger partial charge on any atom is -0.469 e. The average Bonchev–Trinajstić information content (AvgIpc) is 2.85.